The third-order valence-corrected chi connectivity index (χ3v) is 6.97. The number of imidazole rings is 1. The molecule has 0 saturated heterocycles. The average molecular weight is 496 g/mol. The molecule has 1 heterocycles. The standard InChI is InChI=1S/C31H30ClN3O/c32-27-13-6-5-12-26(27)21-31(36)33-19-9-1-2-16-30-34-28-14-7-8-15-29(28)35(30)22-23-17-18-24-10-3-4-11-25(24)20-23/h3-8,10-15,17-18,20H,1-2,9,16,19,21-22H2,(H,33,36). The summed E-state index contributed by atoms with van der Waals surface area (Å²) in [6, 6.07) is 31.0. The predicted octanol–water partition coefficient (Wildman–Crippen LogP) is 6.96. The van der Waals surface area contributed by atoms with Crippen LogP contribution in [0.25, 0.3) is 21.8 Å². The van der Waals surface area contributed by atoms with Crippen molar-refractivity contribution >= 4 is 39.3 Å². The van der Waals surface area contributed by atoms with Crippen molar-refractivity contribution in [3.8, 4) is 0 Å². The van der Waals surface area contributed by atoms with Crippen LogP contribution in [0.5, 0.6) is 0 Å². The molecule has 0 aliphatic carbocycles. The maximum Gasteiger partial charge on any atom is 0.224 e. The van der Waals surface area contributed by atoms with Gasteiger partial charge in [0, 0.05) is 24.5 Å². The van der Waals surface area contributed by atoms with Gasteiger partial charge in [-0.05, 0) is 59.0 Å². The number of nitrogens with zero attached hydrogens (tertiary/aromatic N) is 2. The van der Waals surface area contributed by atoms with Gasteiger partial charge in [-0.3, -0.25) is 4.79 Å². The molecule has 0 spiro atoms. The van der Waals surface area contributed by atoms with Gasteiger partial charge in [-0.25, -0.2) is 4.98 Å². The minimum Gasteiger partial charge on any atom is -0.356 e. The van der Waals surface area contributed by atoms with Gasteiger partial charge in [-0.1, -0.05) is 84.8 Å². The van der Waals surface area contributed by atoms with E-state index in [9.17, 15) is 4.79 Å². The maximum atomic E-state index is 12.2. The molecule has 1 amide bonds. The number of aryl methyl sites for hydroxylation is 1. The first-order valence-corrected chi connectivity index (χ1v) is 13.0. The van der Waals surface area contributed by atoms with Crippen LogP contribution in [-0.4, -0.2) is 22.0 Å². The summed E-state index contributed by atoms with van der Waals surface area (Å²) in [5.74, 6) is 1.13. The molecule has 4 nitrogen and oxygen atoms in total. The van der Waals surface area contributed by atoms with Gasteiger partial charge in [0.2, 0.25) is 5.91 Å². The number of carbonyl (C=O) groups excluding carboxylic acids is 1. The number of amides is 1. The van der Waals surface area contributed by atoms with Crippen LogP contribution < -0.4 is 5.32 Å². The SMILES string of the molecule is O=C(Cc1ccccc1Cl)NCCCCCc1nc2ccccc2n1Cc1ccc2ccccc2c1. The molecule has 0 aliphatic heterocycles. The van der Waals surface area contributed by atoms with Crippen LogP contribution in [0.15, 0.2) is 91.0 Å². The van der Waals surface area contributed by atoms with Crippen molar-refractivity contribution in [1.82, 2.24) is 14.9 Å². The molecular formula is C31H30ClN3O. The lowest BCUT2D eigenvalue weighted by atomic mass is 10.1. The molecule has 0 radical (unpaired) electrons. The molecule has 0 fully saturated rings. The van der Waals surface area contributed by atoms with Crippen molar-refractivity contribution in [2.75, 3.05) is 6.54 Å². The second kappa shape index (κ2) is 11.4. The molecule has 182 valence electrons. The third-order valence-electron chi connectivity index (χ3n) is 6.60. The highest BCUT2D eigenvalue weighted by atomic mass is 35.5. The molecule has 0 saturated carbocycles. The van der Waals surface area contributed by atoms with E-state index in [1.165, 1.54) is 21.9 Å². The normalized spacial score (nSPS) is 11.2. The first kappa shape index (κ1) is 24.1. The Morgan fingerprint density at radius 2 is 1.61 bits per heavy atom. The lowest BCUT2D eigenvalue weighted by Crippen LogP contribution is -2.26. The molecule has 4 aromatic carbocycles. The number of hydrogen-bond donors (Lipinski definition) is 1. The van der Waals surface area contributed by atoms with Crippen LogP contribution in [0.3, 0.4) is 0 Å². The van der Waals surface area contributed by atoms with Gasteiger partial charge in [0.15, 0.2) is 0 Å². The Hall–Kier alpha value is -3.63. The third kappa shape index (κ3) is 5.77. The van der Waals surface area contributed by atoms with Crippen LogP contribution in [-0.2, 0) is 24.2 Å². The first-order valence-electron chi connectivity index (χ1n) is 12.6. The summed E-state index contributed by atoms with van der Waals surface area (Å²) >= 11 is 6.16. The van der Waals surface area contributed by atoms with Crippen molar-refractivity contribution in [1.29, 1.82) is 0 Å². The largest absolute Gasteiger partial charge is 0.356 e. The number of fused-ring (bicyclic) bond motifs is 2. The molecular weight excluding hydrogens is 466 g/mol. The number of rotatable bonds is 10. The topological polar surface area (TPSA) is 46.9 Å². The molecule has 0 atom stereocenters. The van der Waals surface area contributed by atoms with E-state index in [1.54, 1.807) is 0 Å². The number of unbranched alkanes of at least 4 members (excludes halogenated alkanes) is 2. The van der Waals surface area contributed by atoms with Gasteiger partial charge in [0.25, 0.3) is 0 Å². The van der Waals surface area contributed by atoms with Crippen molar-refractivity contribution in [2.45, 2.75) is 38.6 Å². The minimum absolute atomic E-state index is 0.0141. The Labute approximate surface area is 216 Å². The zero-order valence-electron chi connectivity index (χ0n) is 20.3. The predicted molar refractivity (Wildman–Crippen MR) is 149 cm³/mol. The summed E-state index contributed by atoms with van der Waals surface area (Å²) in [6.07, 6.45) is 4.24. The number of halogens is 1. The lowest BCUT2D eigenvalue weighted by Gasteiger charge is -2.11. The summed E-state index contributed by atoms with van der Waals surface area (Å²) in [5, 5.41) is 6.18. The average Bonchev–Trinajstić information content (AvgIpc) is 3.24. The summed E-state index contributed by atoms with van der Waals surface area (Å²) in [4.78, 5) is 17.2. The number of nitrogens with one attached hydrogen (secondary N) is 1. The van der Waals surface area contributed by atoms with E-state index in [-0.39, 0.29) is 5.91 Å². The van der Waals surface area contributed by atoms with Crippen LogP contribution in [0.2, 0.25) is 5.02 Å². The van der Waals surface area contributed by atoms with E-state index in [0.717, 1.165) is 49.1 Å². The highest BCUT2D eigenvalue weighted by molar-refractivity contribution is 6.31. The van der Waals surface area contributed by atoms with E-state index in [1.807, 2.05) is 30.3 Å². The molecule has 5 aromatic rings. The fraction of sp³-hybridized carbons (Fsp3) is 0.226. The fourth-order valence-corrected chi connectivity index (χ4v) is 4.90. The van der Waals surface area contributed by atoms with E-state index in [2.05, 4.69) is 70.5 Å². The van der Waals surface area contributed by atoms with Crippen molar-refractivity contribution in [2.24, 2.45) is 0 Å². The number of carbonyl (C=O) groups is 1. The Kier molecular flexibility index (Phi) is 7.63. The van der Waals surface area contributed by atoms with Gasteiger partial charge in [0.1, 0.15) is 5.82 Å². The molecule has 1 aromatic heterocycles. The summed E-state index contributed by atoms with van der Waals surface area (Å²) in [7, 11) is 0. The minimum atomic E-state index is 0.0141. The molecule has 36 heavy (non-hydrogen) atoms. The van der Waals surface area contributed by atoms with Gasteiger partial charge >= 0.3 is 0 Å². The smallest absolute Gasteiger partial charge is 0.224 e. The Bertz CT molecular complexity index is 1490. The van der Waals surface area contributed by atoms with E-state index in [0.29, 0.717) is 18.0 Å². The molecule has 0 unspecified atom stereocenters. The Balaban J connectivity index is 1.17. The number of benzene rings is 4. The van der Waals surface area contributed by atoms with E-state index >= 15 is 0 Å². The van der Waals surface area contributed by atoms with Crippen LogP contribution in [0, 0.1) is 0 Å². The second-order valence-corrected chi connectivity index (χ2v) is 9.62. The monoisotopic (exact) mass is 495 g/mol. The molecule has 0 bridgehead atoms. The zero-order valence-corrected chi connectivity index (χ0v) is 21.0. The van der Waals surface area contributed by atoms with Gasteiger partial charge in [-0.2, -0.15) is 0 Å². The Morgan fingerprint density at radius 3 is 2.50 bits per heavy atom. The maximum absolute atomic E-state index is 12.2. The number of aromatic nitrogens is 2. The highest BCUT2D eigenvalue weighted by Gasteiger charge is 2.11. The summed E-state index contributed by atoms with van der Waals surface area (Å²) in [6.45, 7) is 1.48. The zero-order chi connectivity index (χ0) is 24.7. The van der Waals surface area contributed by atoms with Crippen LogP contribution in [0.1, 0.15) is 36.2 Å². The summed E-state index contributed by atoms with van der Waals surface area (Å²) < 4.78 is 2.35. The first-order chi connectivity index (χ1) is 17.7. The molecule has 0 aliphatic rings. The molecule has 1 N–H and O–H groups in total. The number of hydrogen-bond acceptors (Lipinski definition) is 2. The molecule has 5 rings (SSSR count). The van der Waals surface area contributed by atoms with E-state index in [4.69, 9.17) is 16.6 Å². The van der Waals surface area contributed by atoms with Crippen LogP contribution >= 0.6 is 11.6 Å². The van der Waals surface area contributed by atoms with Crippen molar-refractivity contribution in [3.63, 3.8) is 0 Å². The molecule has 5 heteroatoms. The van der Waals surface area contributed by atoms with Gasteiger partial charge < -0.3 is 9.88 Å². The van der Waals surface area contributed by atoms with Crippen molar-refractivity contribution in [3.05, 3.63) is 113 Å². The fourth-order valence-electron chi connectivity index (χ4n) is 4.70. The van der Waals surface area contributed by atoms with E-state index < -0.39 is 0 Å². The number of para-hydroxylation sites is 2. The van der Waals surface area contributed by atoms with Crippen LogP contribution in [0.4, 0.5) is 0 Å². The lowest BCUT2D eigenvalue weighted by molar-refractivity contribution is -0.120. The Morgan fingerprint density at radius 1 is 0.833 bits per heavy atom. The highest BCUT2D eigenvalue weighted by Crippen LogP contribution is 2.22. The van der Waals surface area contributed by atoms with Crippen molar-refractivity contribution < 1.29 is 4.79 Å². The quantitative estimate of drug-likeness (QED) is 0.213. The second-order valence-electron chi connectivity index (χ2n) is 9.21. The van der Waals surface area contributed by atoms with Gasteiger partial charge in [-0.15, -0.1) is 0 Å². The summed E-state index contributed by atoms with van der Waals surface area (Å²) in [5.41, 5.74) is 4.36. The van der Waals surface area contributed by atoms with Gasteiger partial charge in [0.05, 0.1) is 17.5 Å².